The van der Waals surface area contributed by atoms with Crippen LogP contribution in [-0.2, 0) is 0 Å². The second kappa shape index (κ2) is 6.42. The summed E-state index contributed by atoms with van der Waals surface area (Å²) >= 11 is 0. The lowest BCUT2D eigenvalue weighted by molar-refractivity contribution is 0.933. The lowest BCUT2D eigenvalue weighted by atomic mass is 10.2. The molecule has 0 N–H and O–H groups in total. The first-order valence-corrected chi connectivity index (χ1v) is 3.97. The lowest BCUT2D eigenvalue weighted by Gasteiger charge is -1.89. The summed E-state index contributed by atoms with van der Waals surface area (Å²) < 4.78 is 0. The first-order chi connectivity index (χ1) is 4.81. The Balaban J connectivity index is 3.48. The van der Waals surface area contributed by atoms with Gasteiger partial charge in [0.15, 0.2) is 0 Å². The van der Waals surface area contributed by atoms with E-state index >= 15 is 0 Å². The molecule has 0 heterocycles. The molecule has 0 bridgehead atoms. The van der Waals surface area contributed by atoms with Gasteiger partial charge in [-0.2, -0.15) is 0 Å². The van der Waals surface area contributed by atoms with Crippen molar-refractivity contribution >= 4 is 0 Å². The van der Waals surface area contributed by atoms with Gasteiger partial charge in [0.1, 0.15) is 0 Å². The number of hydrogen-bond acceptors (Lipinski definition) is 0. The van der Waals surface area contributed by atoms with Crippen molar-refractivity contribution in [3.63, 3.8) is 0 Å². The van der Waals surface area contributed by atoms with Crippen molar-refractivity contribution in [1.82, 2.24) is 0 Å². The molecular weight excluding hydrogens is 120 g/mol. The fraction of sp³-hybridized carbons (Fsp3) is 0.600. The molecule has 0 aliphatic rings. The maximum Gasteiger partial charge on any atom is 0.00897 e. The van der Waals surface area contributed by atoms with E-state index < -0.39 is 0 Å². The third-order valence-electron chi connectivity index (χ3n) is 1.19. The van der Waals surface area contributed by atoms with E-state index in [0.717, 1.165) is 31.3 Å². The third-order valence-corrected chi connectivity index (χ3v) is 1.19. The monoisotopic (exact) mass is 136 g/mol. The van der Waals surface area contributed by atoms with Crippen LogP contribution in [0.4, 0.5) is 0 Å². The Morgan fingerprint density at radius 3 is 2.50 bits per heavy atom. The van der Waals surface area contributed by atoms with E-state index in [1.807, 2.05) is 0 Å². The summed E-state index contributed by atoms with van der Waals surface area (Å²) in [4.78, 5) is 0. The third kappa shape index (κ3) is 5.44. The molecule has 56 valence electrons. The van der Waals surface area contributed by atoms with Crippen molar-refractivity contribution in [1.29, 1.82) is 0 Å². The van der Waals surface area contributed by atoms with Crippen molar-refractivity contribution in [3.8, 4) is 11.8 Å². The molecule has 0 saturated carbocycles. The zero-order valence-corrected chi connectivity index (χ0v) is 7.04. The molecule has 0 atom stereocenters. The van der Waals surface area contributed by atoms with Crippen LogP contribution in [0.5, 0.6) is 0 Å². The lowest BCUT2D eigenvalue weighted by Crippen LogP contribution is -1.73. The summed E-state index contributed by atoms with van der Waals surface area (Å²) in [6.07, 6.45) is 4.35. The molecule has 0 heteroatoms. The Kier molecular flexibility index (Phi) is 5.97. The van der Waals surface area contributed by atoms with Crippen molar-refractivity contribution in [3.05, 3.63) is 12.2 Å². The molecule has 0 rings (SSSR count). The molecule has 0 spiro atoms. The van der Waals surface area contributed by atoms with Gasteiger partial charge in [-0.15, -0.1) is 0 Å². The van der Waals surface area contributed by atoms with Gasteiger partial charge in [0.25, 0.3) is 0 Å². The van der Waals surface area contributed by atoms with Crippen LogP contribution in [0.2, 0.25) is 0 Å². The average Bonchev–Trinajstić information content (AvgIpc) is 1.89. The van der Waals surface area contributed by atoms with E-state index in [2.05, 4.69) is 32.3 Å². The minimum atomic E-state index is 1.00. The predicted octanol–water partition coefficient (Wildman–Crippen LogP) is 3.15. The van der Waals surface area contributed by atoms with E-state index in [-0.39, 0.29) is 0 Å². The Hall–Kier alpha value is -0.700. The molecule has 0 amide bonds. The summed E-state index contributed by atoms with van der Waals surface area (Å²) in [5.41, 5.74) is 1.08. The van der Waals surface area contributed by atoms with Crippen LogP contribution in [-0.4, -0.2) is 0 Å². The van der Waals surface area contributed by atoms with Gasteiger partial charge in [-0.1, -0.05) is 38.7 Å². The number of allylic oxidation sites excluding steroid dienone is 1. The highest BCUT2D eigenvalue weighted by molar-refractivity contribution is 5.24. The van der Waals surface area contributed by atoms with Crippen LogP contribution in [0.15, 0.2) is 12.2 Å². The topological polar surface area (TPSA) is 0 Å². The fourth-order valence-electron chi connectivity index (χ4n) is 0.677. The summed E-state index contributed by atoms with van der Waals surface area (Å²) in [5, 5.41) is 0. The summed E-state index contributed by atoms with van der Waals surface area (Å²) in [5.74, 6) is 6.11. The van der Waals surface area contributed by atoms with Crippen molar-refractivity contribution in [2.45, 2.75) is 39.5 Å². The molecule has 10 heavy (non-hydrogen) atoms. The standard InChI is InChI=1S/C10H16/c1-4-6-7-9-10(3)8-5-2/h3-6,8H2,1-2H3. The largest absolute Gasteiger partial charge is 0.0983 e. The average molecular weight is 136 g/mol. The van der Waals surface area contributed by atoms with Gasteiger partial charge < -0.3 is 0 Å². The second-order valence-corrected chi connectivity index (χ2v) is 2.41. The van der Waals surface area contributed by atoms with Gasteiger partial charge in [0.05, 0.1) is 0 Å². The molecule has 0 fully saturated rings. The Bertz CT molecular complexity index is 143. The molecule has 0 nitrogen and oxygen atoms in total. The highest BCUT2D eigenvalue weighted by Gasteiger charge is 1.82. The smallest absolute Gasteiger partial charge is 0.00897 e. The number of rotatable bonds is 3. The molecule has 0 aromatic rings. The number of hydrogen-bond donors (Lipinski definition) is 0. The Morgan fingerprint density at radius 2 is 2.00 bits per heavy atom. The van der Waals surface area contributed by atoms with Gasteiger partial charge in [-0.05, 0) is 18.4 Å². The SMILES string of the molecule is C=C(C#CCCC)CCC. The van der Waals surface area contributed by atoms with Gasteiger partial charge >= 0.3 is 0 Å². The van der Waals surface area contributed by atoms with Gasteiger partial charge in [-0.25, -0.2) is 0 Å². The van der Waals surface area contributed by atoms with Crippen molar-refractivity contribution < 1.29 is 0 Å². The molecule has 0 aliphatic carbocycles. The number of unbranched alkanes of at least 4 members (excludes halogenated alkanes) is 1. The Labute approximate surface area is 64.3 Å². The van der Waals surface area contributed by atoms with Crippen LogP contribution < -0.4 is 0 Å². The first-order valence-electron chi connectivity index (χ1n) is 3.97. The van der Waals surface area contributed by atoms with Crippen LogP contribution in [0.1, 0.15) is 39.5 Å². The maximum absolute atomic E-state index is 3.84. The van der Waals surface area contributed by atoms with Crippen LogP contribution >= 0.6 is 0 Å². The molecule has 0 saturated heterocycles. The van der Waals surface area contributed by atoms with E-state index in [1.165, 1.54) is 0 Å². The molecule has 0 aromatic heterocycles. The molecule has 0 aromatic carbocycles. The quantitative estimate of drug-likeness (QED) is 0.523. The fourth-order valence-corrected chi connectivity index (χ4v) is 0.677. The second-order valence-electron chi connectivity index (χ2n) is 2.41. The van der Waals surface area contributed by atoms with Gasteiger partial charge in [0, 0.05) is 6.42 Å². The Morgan fingerprint density at radius 1 is 1.30 bits per heavy atom. The van der Waals surface area contributed by atoms with Crippen LogP contribution in [0.3, 0.4) is 0 Å². The normalized spacial score (nSPS) is 8.20. The van der Waals surface area contributed by atoms with E-state index in [0.29, 0.717) is 0 Å². The first kappa shape index (κ1) is 9.30. The van der Waals surface area contributed by atoms with Crippen molar-refractivity contribution in [2.24, 2.45) is 0 Å². The van der Waals surface area contributed by atoms with E-state index in [4.69, 9.17) is 0 Å². The highest BCUT2D eigenvalue weighted by Crippen LogP contribution is 1.98. The van der Waals surface area contributed by atoms with E-state index in [1.54, 1.807) is 0 Å². The van der Waals surface area contributed by atoms with Gasteiger partial charge in [0.2, 0.25) is 0 Å². The molecule has 0 radical (unpaired) electrons. The summed E-state index contributed by atoms with van der Waals surface area (Å²) in [6.45, 7) is 8.12. The zero-order chi connectivity index (χ0) is 7.82. The highest BCUT2D eigenvalue weighted by atomic mass is 13.9. The summed E-state index contributed by atoms with van der Waals surface area (Å²) in [7, 11) is 0. The van der Waals surface area contributed by atoms with E-state index in [9.17, 15) is 0 Å². The molecule has 0 unspecified atom stereocenters. The van der Waals surface area contributed by atoms with Crippen LogP contribution in [0.25, 0.3) is 0 Å². The minimum absolute atomic E-state index is 1.00. The maximum atomic E-state index is 3.84. The molecule has 0 aliphatic heterocycles. The predicted molar refractivity (Wildman–Crippen MR) is 46.7 cm³/mol. The summed E-state index contributed by atoms with van der Waals surface area (Å²) in [6, 6.07) is 0. The van der Waals surface area contributed by atoms with Crippen LogP contribution in [0, 0.1) is 11.8 Å². The van der Waals surface area contributed by atoms with Crippen molar-refractivity contribution in [2.75, 3.05) is 0 Å². The minimum Gasteiger partial charge on any atom is -0.0983 e. The molecular formula is C10H16. The van der Waals surface area contributed by atoms with Gasteiger partial charge in [-0.3, -0.25) is 0 Å². The zero-order valence-electron chi connectivity index (χ0n) is 7.04.